The molecule has 0 aliphatic carbocycles. The Morgan fingerprint density at radius 3 is 0.815 bits per heavy atom. The molecule has 27 rings (SSSR count). The number of fused-ring (bicyclic) bond motifs is 20. The van der Waals surface area contributed by atoms with Crippen molar-refractivity contribution >= 4 is 208 Å². The molecule has 7 aromatic carbocycles. The lowest BCUT2D eigenvalue weighted by molar-refractivity contribution is 0.597. The van der Waals surface area contributed by atoms with Crippen molar-refractivity contribution in [2.75, 3.05) is 49.0 Å². The second-order valence-corrected chi connectivity index (χ2v) is 39.6. The van der Waals surface area contributed by atoms with Crippen molar-refractivity contribution in [1.29, 1.82) is 0 Å². The molecule has 730 valence electrons. The van der Waals surface area contributed by atoms with Crippen LogP contribution in [0.2, 0.25) is 0 Å². The van der Waals surface area contributed by atoms with Crippen LogP contribution >= 0.6 is 0 Å². The molecule has 0 N–H and O–H groups in total. The smallest absolute Gasteiger partial charge is 0.227 e. The molecule has 0 unspecified atom stereocenters. The molecule has 0 amide bonds. The van der Waals surface area contributed by atoms with Crippen LogP contribution in [0.1, 0.15) is 132 Å². The van der Waals surface area contributed by atoms with Gasteiger partial charge < -0.3 is 61.3 Å². The van der Waals surface area contributed by atoms with E-state index in [9.17, 15) is 0 Å². The second kappa shape index (κ2) is 36.4. The minimum Gasteiger partial charge on any atom is -0.435 e. The zero-order chi connectivity index (χ0) is 101. The number of pyridine rings is 9. The Morgan fingerprint density at radius 1 is 0.205 bits per heavy atom. The molecule has 26 nitrogen and oxygen atoms in total. The third-order valence-electron chi connectivity index (χ3n) is 29.1. The number of para-hydroxylation sites is 2. The molecule has 5 aliphatic heterocycles. The SMILES string of the molecule is Cc1ccc2c(n1)oc1c(N3c4cccnc4N(C(C)C)[C@@H]3C)c(C)ccc12.Cc1ccc2c(n1)oc1c(N3c4cccnc4N(c4ccccc4)[C@@H]3C)c(C)ccc12.Cc1ccc2c(n1)oc1c(N3c4ncccc4N(C(C)C)[C@@H]3C)c(C)ccc12.Cc1ccc2c(n1)oc1c(N3c4ncccc4N(c4ccccc4)[C@@H]3C)c(C)ccc12.Cc1ccc2c(n1)oc1c(N3c4nccnc4N(C(C)C)[C@@H]3C)c(C)ccc12. The van der Waals surface area contributed by atoms with Crippen LogP contribution in [0.4, 0.5) is 97.5 Å². The number of anilines is 17. The van der Waals surface area contributed by atoms with Crippen LogP contribution in [0.3, 0.4) is 0 Å². The van der Waals surface area contributed by atoms with Crippen molar-refractivity contribution < 1.29 is 22.1 Å². The molecule has 0 bridgehead atoms. The van der Waals surface area contributed by atoms with E-state index < -0.39 is 0 Å². The van der Waals surface area contributed by atoms with Crippen molar-refractivity contribution in [3.63, 3.8) is 0 Å². The van der Waals surface area contributed by atoms with Gasteiger partial charge in [-0.15, -0.1) is 0 Å². The maximum Gasteiger partial charge on any atom is 0.227 e. The maximum absolute atomic E-state index is 6.37. The lowest BCUT2D eigenvalue weighted by atomic mass is 10.1. The molecular formula is C120H115N21O5. The van der Waals surface area contributed by atoms with Gasteiger partial charge in [-0.05, 0) is 307 Å². The van der Waals surface area contributed by atoms with E-state index in [0.29, 0.717) is 46.7 Å². The highest BCUT2D eigenvalue weighted by Crippen LogP contribution is 2.56. The van der Waals surface area contributed by atoms with E-state index in [-0.39, 0.29) is 30.8 Å². The number of rotatable bonds is 10. The van der Waals surface area contributed by atoms with Crippen LogP contribution in [0, 0.1) is 69.2 Å². The van der Waals surface area contributed by atoms with Gasteiger partial charge in [-0.25, -0.2) is 54.8 Å². The number of furan rings is 5. The number of hydrogen-bond acceptors (Lipinski definition) is 26. The summed E-state index contributed by atoms with van der Waals surface area (Å²) in [6.45, 7) is 44.8. The Balaban J connectivity index is 0.000000101. The van der Waals surface area contributed by atoms with Crippen molar-refractivity contribution in [3.8, 4) is 0 Å². The van der Waals surface area contributed by atoms with E-state index >= 15 is 0 Å². The van der Waals surface area contributed by atoms with Crippen LogP contribution in [0.25, 0.3) is 110 Å². The van der Waals surface area contributed by atoms with E-state index in [2.05, 4.69) is 358 Å². The number of nitrogens with zero attached hydrogens (tertiary/aromatic N) is 21. The van der Waals surface area contributed by atoms with Gasteiger partial charge in [0.25, 0.3) is 0 Å². The van der Waals surface area contributed by atoms with Gasteiger partial charge in [0.1, 0.15) is 30.8 Å². The van der Waals surface area contributed by atoms with Crippen molar-refractivity contribution in [2.24, 2.45) is 0 Å². The molecule has 0 fully saturated rings. The average molecular weight is 1930 g/mol. The van der Waals surface area contributed by atoms with Gasteiger partial charge in [0.15, 0.2) is 62.8 Å². The van der Waals surface area contributed by atoms with Gasteiger partial charge in [0, 0.05) is 149 Å². The fourth-order valence-corrected chi connectivity index (χ4v) is 22.6. The molecule has 5 atom stereocenters. The summed E-state index contributed by atoms with van der Waals surface area (Å²) in [6, 6.07) is 80.5. The molecule has 0 saturated heterocycles. The van der Waals surface area contributed by atoms with Gasteiger partial charge >= 0.3 is 0 Å². The Morgan fingerprint density at radius 2 is 0.452 bits per heavy atom. The van der Waals surface area contributed by atoms with Crippen LogP contribution in [-0.2, 0) is 0 Å². The van der Waals surface area contributed by atoms with Crippen LogP contribution in [-0.4, -0.2) is 104 Å². The quantitative estimate of drug-likeness (QED) is 0.124. The normalized spacial score (nSPS) is 16.2. The second-order valence-electron chi connectivity index (χ2n) is 39.6. The summed E-state index contributed by atoms with van der Waals surface area (Å²) in [4.78, 5) is 74.5. The van der Waals surface area contributed by atoms with Crippen molar-refractivity contribution in [1.82, 2.24) is 54.8 Å². The van der Waals surface area contributed by atoms with Gasteiger partial charge in [-0.1, -0.05) is 97.1 Å². The summed E-state index contributed by atoms with van der Waals surface area (Å²) < 4.78 is 31.7. The van der Waals surface area contributed by atoms with Gasteiger partial charge in [0.2, 0.25) is 28.6 Å². The average Bonchev–Trinajstić information content (AvgIpc) is 1.58. The van der Waals surface area contributed by atoms with Gasteiger partial charge in [-0.3, -0.25) is 9.80 Å². The monoisotopic (exact) mass is 1930 g/mol. The first-order valence-corrected chi connectivity index (χ1v) is 50.3. The first-order valence-electron chi connectivity index (χ1n) is 50.3. The number of hydrogen-bond donors (Lipinski definition) is 0. The lowest BCUT2D eigenvalue weighted by Gasteiger charge is -2.33. The molecule has 0 saturated carbocycles. The summed E-state index contributed by atoms with van der Waals surface area (Å²) >= 11 is 0. The summed E-state index contributed by atoms with van der Waals surface area (Å²) in [5.74, 6) is 5.65. The van der Waals surface area contributed by atoms with Gasteiger partial charge in [0.05, 0.1) is 51.2 Å². The first kappa shape index (κ1) is 92.7. The van der Waals surface area contributed by atoms with Crippen LogP contribution in [0.5, 0.6) is 0 Å². The van der Waals surface area contributed by atoms with E-state index in [1.807, 2.05) is 126 Å². The fraction of sp³-hybridized carbons (Fsp3) is 0.242. The third kappa shape index (κ3) is 15.2. The molecule has 5 aliphatic rings. The molecule has 146 heavy (non-hydrogen) atoms. The molecule has 26 heteroatoms. The highest BCUT2D eigenvalue weighted by atomic mass is 16.4. The maximum atomic E-state index is 6.37. The summed E-state index contributed by atoms with van der Waals surface area (Å²) in [7, 11) is 0. The zero-order valence-electron chi connectivity index (χ0n) is 86.0. The predicted molar refractivity (Wildman–Crippen MR) is 592 cm³/mol. The zero-order valence-corrected chi connectivity index (χ0v) is 86.0. The molecular weight excluding hydrogens is 1820 g/mol. The van der Waals surface area contributed by atoms with Crippen molar-refractivity contribution in [2.45, 2.75) is 194 Å². The Kier molecular flexibility index (Phi) is 23.1. The minimum atomic E-state index is 0.0273. The number of benzene rings is 7. The van der Waals surface area contributed by atoms with E-state index in [1.54, 1.807) is 12.4 Å². The van der Waals surface area contributed by atoms with Crippen molar-refractivity contribution in [3.05, 3.63) is 324 Å². The largest absolute Gasteiger partial charge is 0.435 e. The standard InChI is InChI=1S/2C26H22N4O.2C23H24N4O.C22H23N5O/c1-16-11-13-20-21-14-12-17(2)28-26(21)31-24(20)23(16)30-18(3)29(19-8-5-4-6-9-19)25-22(30)10-7-15-27-25;1-16-11-13-20-21-14-12-17(2)28-26(21)31-24(20)23(16)30-18(3)29(19-8-5-4-6-9-19)22-10-7-15-27-25(22)30;1-13(2)26-16(5)27(19-7-6-12-24-22(19)26)20-14(3)8-10-17-18-11-9-15(4)25-23(18)28-21(17)20;1-13(2)26-16(5)27(22-19(26)7-6-12-24-22)20-14(3)8-10-17-18-11-9-15(4)25-23(18)28-21(17)20;1-12(2)26-15(5)27(21-20(26)23-10-11-24-21)18-13(3)6-8-16-17-9-7-14(4)25-22(17)28-19(16)18/h2*4-15,18H,1-3H3;2*6-13,16H,1-5H3;6-12,15H,1-5H3/t2*18-;2*16-;15-/m00000/s1. The number of aromatic nitrogens is 11. The Bertz CT molecular complexity index is 8200. The first-order chi connectivity index (χ1) is 70.7. The van der Waals surface area contributed by atoms with Crippen LogP contribution in [0.15, 0.2) is 290 Å². The summed E-state index contributed by atoms with van der Waals surface area (Å²) in [6.07, 6.45) is 11.3. The van der Waals surface area contributed by atoms with Gasteiger partial charge in [-0.2, -0.15) is 0 Å². The predicted octanol–water partition coefficient (Wildman–Crippen LogP) is 29.8. The van der Waals surface area contributed by atoms with E-state index in [4.69, 9.17) is 42.0 Å². The lowest BCUT2D eigenvalue weighted by Crippen LogP contribution is -2.42. The molecule has 20 heterocycles. The Labute approximate surface area is 846 Å². The summed E-state index contributed by atoms with van der Waals surface area (Å²) in [5.41, 5.74) is 30.3. The third-order valence-corrected chi connectivity index (χ3v) is 29.1. The Hall–Kier alpha value is -17.0. The molecule has 0 spiro atoms. The molecule has 0 radical (unpaired) electrons. The topological polar surface area (TPSA) is 240 Å². The van der Waals surface area contributed by atoms with E-state index in [0.717, 1.165) is 230 Å². The molecule has 22 aromatic rings. The van der Waals surface area contributed by atoms with Crippen LogP contribution < -0.4 is 49.0 Å². The number of aryl methyl sites for hydroxylation is 10. The highest BCUT2D eigenvalue weighted by Gasteiger charge is 2.45. The fourth-order valence-electron chi connectivity index (χ4n) is 22.6. The van der Waals surface area contributed by atoms with E-state index in [1.165, 1.54) is 5.56 Å². The molecule has 15 aromatic heterocycles. The summed E-state index contributed by atoms with van der Waals surface area (Å²) in [5, 5.41) is 10.6. The minimum absolute atomic E-state index is 0.0273. The highest BCUT2D eigenvalue weighted by molar-refractivity contribution is 6.15.